The maximum Gasteiger partial charge on any atom is 0.270 e. The average Bonchev–Trinajstić information content (AvgIpc) is 3.44. The normalized spacial score (nSPS) is 11.7. The van der Waals surface area contributed by atoms with Crippen LogP contribution in [-0.2, 0) is 22.7 Å². The molecule has 0 spiro atoms. The number of rotatable bonds is 13. The van der Waals surface area contributed by atoms with Crippen LogP contribution in [-0.4, -0.2) is 34.9 Å². The van der Waals surface area contributed by atoms with E-state index in [-0.39, 0.29) is 25.3 Å². The Morgan fingerprint density at radius 3 is 2.54 bits per heavy atom. The third kappa shape index (κ3) is 7.62. The highest BCUT2D eigenvalue weighted by atomic mass is 32.2. The summed E-state index contributed by atoms with van der Waals surface area (Å²) in [7, 11) is 0. The van der Waals surface area contributed by atoms with Crippen LogP contribution in [0.2, 0.25) is 0 Å². The Balaban J connectivity index is 1.50. The van der Waals surface area contributed by atoms with Gasteiger partial charge in [-0.15, -0.1) is 0 Å². The molecule has 1 heterocycles. The maximum absolute atomic E-state index is 13.2. The zero-order chi connectivity index (χ0) is 29.4. The van der Waals surface area contributed by atoms with E-state index < -0.39 is 22.8 Å². The fraction of sp³-hybridized carbons (Fsp3) is 0.226. The summed E-state index contributed by atoms with van der Waals surface area (Å²) in [6.07, 6.45) is 2.13. The number of hydrogen-bond donors (Lipinski definition) is 1. The number of carboxylic acids is 1. The van der Waals surface area contributed by atoms with E-state index in [0.717, 1.165) is 16.7 Å². The van der Waals surface area contributed by atoms with Crippen LogP contribution in [0.1, 0.15) is 33.7 Å². The SMILES string of the molecule is CSCC[C@H](NC(=O)c1ccc(COCc2ccc(-c3cccc([N+](=O)[O-])c3)o2)cc1-c1ccccc1C)C(=O)[O-]. The first kappa shape index (κ1) is 29.6. The second-order valence-electron chi connectivity index (χ2n) is 9.39. The van der Waals surface area contributed by atoms with Crippen LogP contribution in [0.25, 0.3) is 22.5 Å². The van der Waals surface area contributed by atoms with Crippen molar-refractivity contribution in [3.05, 3.63) is 111 Å². The lowest BCUT2D eigenvalue weighted by Gasteiger charge is -2.21. The third-order valence-electron chi connectivity index (χ3n) is 6.48. The molecule has 10 heteroatoms. The minimum absolute atomic E-state index is 0.0200. The van der Waals surface area contributed by atoms with Gasteiger partial charge in [-0.1, -0.05) is 42.5 Å². The number of nitro groups is 1. The summed E-state index contributed by atoms with van der Waals surface area (Å²) in [6, 6.07) is 21.6. The van der Waals surface area contributed by atoms with Gasteiger partial charge in [-0.25, -0.2) is 0 Å². The zero-order valence-corrected chi connectivity index (χ0v) is 23.4. The summed E-state index contributed by atoms with van der Waals surface area (Å²) in [5.74, 6) is -0.184. The van der Waals surface area contributed by atoms with E-state index >= 15 is 0 Å². The van der Waals surface area contributed by atoms with Gasteiger partial charge >= 0.3 is 0 Å². The number of aryl methyl sites for hydroxylation is 1. The van der Waals surface area contributed by atoms with E-state index in [0.29, 0.717) is 34.0 Å². The highest BCUT2D eigenvalue weighted by Gasteiger charge is 2.19. The highest BCUT2D eigenvalue weighted by molar-refractivity contribution is 7.98. The molecule has 1 N–H and O–H groups in total. The molecule has 212 valence electrons. The molecular weight excluding hydrogens is 544 g/mol. The Morgan fingerprint density at radius 2 is 1.80 bits per heavy atom. The number of non-ortho nitro benzene ring substituents is 1. The first-order valence-corrected chi connectivity index (χ1v) is 14.3. The number of carboxylic acid groups (broad SMARTS) is 1. The third-order valence-corrected chi connectivity index (χ3v) is 7.12. The number of carbonyl (C=O) groups excluding carboxylic acids is 2. The molecule has 0 bridgehead atoms. The zero-order valence-electron chi connectivity index (χ0n) is 22.6. The fourth-order valence-corrected chi connectivity index (χ4v) is 4.82. The lowest BCUT2D eigenvalue weighted by atomic mass is 9.93. The van der Waals surface area contributed by atoms with Crippen molar-refractivity contribution < 1.29 is 28.8 Å². The largest absolute Gasteiger partial charge is 0.548 e. The van der Waals surface area contributed by atoms with E-state index in [1.807, 2.05) is 43.5 Å². The highest BCUT2D eigenvalue weighted by Crippen LogP contribution is 2.29. The minimum atomic E-state index is -1.32. The first-order valence-electron chi connectivity index (χ1n) is 12.9. The Kier molecular flexibility index (Phi) is 9.94. The summed E-state index contributed by atoms with van der Waals surface area (Å²) in [6.45, 7) is 2.33. The minimum Gasteiger partial charge on any atom is -0.548 e. The second-order valence-corrected chi connectivity index (χ2v) is 10.4. The molecule has 1 amide bonds. The van der Waals surface area contributed by atoms with E-state index in [2.05, 4.69) is 5.32 Å². The molecule has 9 nitrogen and oxygen atoms in total. The topological polar surface area (TPSA) is 135 Å². The molecule has 4 rings (SSSR count). The van der Waals surface area contributed by atoms with Crippen LogP contribution < -0.4 is 10.4 Å². The lowest BCUT2D eigenvalue weighted by molar-refractivity contribution is -0.384. The maximum atomic E-state index is 13.2. The van der Waals surface area contributed by atoms with Gasteiger partial charge < -0.3 is 24.4 Å². The predicted octanol–water partition coefficient (Wildman–Crippen LogP) is 5.15. The van der Waals surface area contributed by atoms with Gasteiger partial charge in [0, 0.05) is 23.3 Å². The molecule has 0 aliphatic carbocycles. The molecule has 0 saturated carbocycles. The molecule has 0 fully saturated rings. The molecular formula is C31H29N2O7S-. The van der Waals surface area contributed by atoms with Crippen molar-refractivity contribution in [2.75, 3.05) is 12.0 Å². The number of carbonyl (C=O) groups is 2. The number of ether oxygens (including phenoxy) is 1. The summed E-state index contributed by atoms with van der Waals surface area (Å²) in [5, 5.41) is 25.3. The number of thioether (sulfide) groups is 1. The Labute approximate surface area is 241 Å². The molecule has 41 heavy (non-hydrogen) atoms. The summed E-state index contributed by atoms with van der Waals surface area (Å²) in [5.41, 5.74) is 4.21. The van der Waals surface area contributed by atoms with Gasteiger partial charge in [0.2, 0.25) is 0 Å². The average molecular weight is 574 g/mol. The van der Waals surface area contributed by atoms with E-state index in [1.165, 1.54) is 23.9 Å². The predicted molar refractivity (Wildman–Crippen MR) is 155 cm³/mol. The monoisotopic (exact) mass is 573 g/mol. The standard InChI is InChI=1S/C31H30N2O7S/c1-20-6-3-4-9-25(20)27-16-21(10-12-26(27)30(34)32-28(31(35)36)14-15-41-2)18-39-19-24-11-13-29(40-24)22-7-5-8-23(17-22)33(37)38/h3-13,16-17,28H,14-15,18-19H2,1-2H3,(H,32,34)(H,35,36)/p-1/t28-/m0/s1. The summed E-state index contributed by atoms with van der Waals surface area (Å²) >= 11 is 1.49. The van der Waals surface area contributed by atoms with Crippen LogP contribution in [0.5, 0.6) is 0 Å². The molecule has 1 atom stereocenters. The van der Waals surface area contributed by atoms with Crippen molar-refractivity contribution in [1.82, 2.24) is 5.32 Å². The van der Waals surface area contributed by atoms with Crippen LogP contribution in [0.3, 0.4) is 0 Å². The number of furan rings is 1. The van der Waals surface area contributed by atoms with Crippen molar-refractivity contribution in [2.24, 2.45) is 0 Å². The molecule has 3 aromatic carbocycles. The van der Waals surface area contributed by atoms with Crippen LogP contribution in [0.4, 0.5) is 5.69 Å². The van der Waals surface area contributed by atoms with Crippen LogP contribution in [0.15, 0.2) is 83.3 Å². The van der Waals surface area contributed by atoms with Crippen molar-refractivity contribution >= 4 is 29.3 Å². The first-order chi connectivity index (χ1) is 19.8. The molecule has 4 aromatic rings. The quantitative estimate of drug-likeness (QED) is 0.171. The molecule has 0 aliphatic rings. The summed E-state index contributed by atoms with van der Waals surface area (Å²) < 4.78 is 11.7. The van der Waals surface area contributed by atoms with Gasteiger partial charge in [0.05, 0.1) is 23.5 Å². The second kappa shape index (κ2) is 13.8. The molecule has 0 saturated heterocycles. The van der Waals surface area contributed by atoms with Gasteiger partial charge in [-0.3, -0.25) is 14.9 Å². The van der Waals surface area contributed by atoms with Gasteiger partial charge in [0.1, 0.15) is 18.1 Å². The fourth-order valence-electron chi connectivity index (χ4n) is 4.35. The number of nitrogens with zero attached hydrogens (tertiary/aromatic N) is 1. The lowest BCUT2D eigenvalue weighted by Crippen LogP contribution is -2.48. The number of hydrogen-bond acceptors (Lipinski definition) is 8. The van der Waals surface area contributed by atoms with Gasteiger partial charge in [-0.05, 0) is 71.9 Å². The summed E-state index contributed by atoms with van der Waals surface area (Å²) in [4.78, 5) is 35.5. The number of aliphatic carboxylic acids is 1. The van der Waals surface area contributed by atoms with Gasteiger partial charge in [-0.2, -0.15) is 11.8 Å². The van der Waals surface area contributed by atoms with Crippen molar-refractivity contribution in [2.45, 2.75) is 32.6 Å². The van der Waals surface area contributed by atoms with Crippen LogP contribution >= 0.6 is 11.8 Å². The van der Waals surface area contributed by atoms with Crippen molar-refractivity contribution in [1.29, 1.82) is 0 Å². The van der Waals surface area contributed by atoms with Crippen LogP contribution in [0, 0.1) is 17.0 Å². The van der Waals surface area contributed by atoms with Gasteiger partial charge in [0.25, 0.3) is 11.6 Å². The van der Waals surface area contributed by atoms with Crippen molar-refractivity contribution in [3.8, 4) is 22.5 Å². The number of nitrogens with one attached hydrogen (secondary N) is 1. The molecule has 0 unspecified atom stereocenters. The van der Waals surface area contributed by atoms with Gasteiger partial charge in [0.15, 0.2) is 0 Å². The number of amides is 1. The molecule has 1 aromatic heterocycles. The Bertz CT molecular complexity index is 1550. The Morgan fingerprint density at radius 1 is 1.00 bits per heavy atom. The van der Waals surface area contributed by atoms with E-state index in [1.54, 1.807) is 36.4 Å². The Hall–Kier alpha value is -4.41. The number of nitro benzene ring substituents is 1. The molecule has 0 radical (unpaired) electrons. The van der Waals surface area contributed by atoms with Crippen molar-refractivity contribution in [3.63, 3.8) is 0 Å². The van der Waals surface area contributed by atoms with E-state index in [9.17, 15) is 24.8 Å². The smallest absolute Gasteiger partial charge is 0.270 e. The number of benzene rings is 3. The van der Waals surface area contributed by atoms with E-state index in [4.69, 9.17) is 9.15 Å². The molecule has 0 aliphatic heterocycles.